The van der Waals surface area contributed by atoms with Crippen molar-refractivity contribution in [2.45, 2.75) is 0 Å². The number of hydrogen-bond donors (Lipinski definition) is 0. The molecule has 0 bridgehead atoms. The van der Waals surface area contributed by atoms with Crippen molar-refractivity contribution >= 4 is 43.6 Å². The molecule has 0 fully saturated rings. The smallest absolute Gasteiger partial charge is 0.151 e. The van der Waals surface area contributed by atoms with Crippen molar-refractivity contribution in [1.82, 2.24) is 0 Å². The van der Waals surface area contributed by atoms with Crippen molar-refractivity contribution in [2.75, 3.05) is 0 Å². The zero-order valence-electron chi connectivity index (χ0n) is 6.95. The number of thiophene rings is 1. The number of carbonyl (C=O) groups is 1. The van der Waals surface area contributed by atoms with Crippen LogP contribution in [-0.2, 0) is 0 Å². The summed E-state index contributed by atoms with van der Waals surface area (Å²) in [6, 6.07) is 5.62. The summed E-state index contributed by atoms with van der Waals surface area (Å²) >= 11 is 4.85. The highest BCUT2D eigenvalue weighted by atomic mass is 79.9. The molecule has 2 rings (SSSR count). The fourth-order valence-corrected chi connectivity index (χ4v) is 2.88. The number of fused-ring (bicyclic) bond motifs is 1. The summed E-state index contributed by atoms with van der Waals surface area (Å²) in [4.78, 5) is 10.7. The molecule has 0 spiro atoms. The van der Waals surface area contributed by atoms with Crippen LogP contribution in [-0.4, -0.2) is 6.29 Å². The van der Waals surface area contributed by atoms with Crippen LogP contribution in [0.15, 0.2) is 22.0 Å². The van der Waals surface area contributed by atoms with Gasteiger partial charge in [0.2, 0.25) is 0 Å². The van der Waals surface area contributed by atoms with Crippen molar-refractivity contribution in [1.29, 1.82) is 5.26 Å². The van der Waals surface area contributed by atoms with Crippen molar-refractivity contribution in [3.8, 4) is 6.07 Å². The van der Waals surface area contributed by atoms with Crippen LogP contribution in [0.4, 0.5) is 0 Å². The lowest BCUT2D eigenvalue weighted by atomic mass is 10.1. The van der Waals surface area contributed by atoms with E-state index in [-0.39, 0.29) is 0 Å². The maximum absolute atomic E-state index is 10.7. The molecule has 0 aliphatic rings. The Morgan fingerprint density at radius 2 is 2.29 bits per heavy atom. The maximum atomic E-state index is 10.7. The largest absolute Gasteiger partial charge is 0.298 e. The van der Waals surface area contributed by atoms with Crippen LogP contribution in [0.2, 0.25) is 0 Å². The van der Waals surface area contributed by atoms with Gasteiger partial charge in [0.1, 0.15) is 0 Å². The third kappa shape index (κ3) is 1.26. The Bertz CT molecular complexity index is 553. The first kappa shape index (κ1) is 9.38. The molecule has 0 atom stereocenters. The van der Waals surface area contributed by atoms with Gasteiger partial charge in [-0.05, 0) is 28.1 Å². The maximum Gasteiger partial charge on any atom is 0.151 e. The first-order valence-corrected chi connectivity index (χ1v) is 5.50. The summed E-state index contributed by atoms with van der Waals surface area (Å²) in [7, 11) is 0. The number of hydrogen-bond acceptors (Lipinski definition) is 3. The molecule has 1 aromatic carbocycles. The highest BCUT2D eigenvalue weighted by molar-refractivity contribution is 9.10. The number of carbonyl (C=O) groups excluding carboxylic acids is 1. The molecular formula is C10H4BrNOS. The molecule has 0 saturated heterocycles. The van der Waals surface area contributed by atoms with Gasteiger partial charge in [0.05, 0.1) is 16.3 Å². The quantitative estimate of drug-likeness (QED) is 0.742. The first-order chi connectivity index (χ1) is 6.77. The van der Waals surface area contributed by atoms with E-state index in [0.717, 1.165) is 20.8 Å². The zero-order valence-corrected chi connectivity index (χ0v) is 9.35. The third-order valence-electron chi connectivity index (χ3n) is 1.95. The molecule has 0 aliphatic heterocycles. The van der Waals surface area contributed by atoms with Gasteiger partial charge in [0, 0.05) is 20.8 Å². The molecule has 0 radical (unpaired) electrons. The first-order valence-electron chi connectivity index (χ1n) is 3.83. The van der Waals surface area contributed by atoms with Gasteiger partial charge in [-0.25, -0.2) is 0 Å². The SMILES string of the molecule is N#Cc1ccc(Br)c2scc(C=O)c12. The number of rotatable bonds is 1. The monoisotopic (exact) mass is 265 g/mol. The van der Waals surface area contributed by atoms with Crippen LogP contribution in [0.1, 0.15) is 15.9 Å². The molecule has 0 saturated carbocycles. The summed E-state index contributed by atoms with van der Waals surface area (Å²) < 4.78 is 1.87. The lowest BCUT2D eigenvalue weighted by Crippen LogP contribution is -1.81. The van der Waals surface area contributed by atoms with Gasteiger partial charge < -0.3 is 0 Å². The predicted molar refractivity (Wildman–Crippen MR) is 59.6 cm³/mol. The minimum Gasteiger partial charge on any atom is -0.298 e. The van der Waals surface area contributed by atoms with Crippen LogP contribution in [0.5, 0.6) is 0 Å². The molecule has 0 amide bonds. The van der Waals surface area contributed by atoms with Gasteiger partial charge in [-0.1, -0.05) is 0 Å². The van der Waals surface area contributed by atoms with Crippen LogP contribution < -0.4 is 0 Å². The Labute approximate surface area is 92.9 Å². The standard InChI is InChI=1S/C10H4BrNOS/c11-8-2-1-6(3-12)9-7(4-13)5-14-10(8)9/h1-2,4-5H. The van der Waals surface area contributed by atoms with E-state index >= 15 is 0 Å². The van der Waals surface area contributed by atoms with Crippen LogP contribution in [0, 0.1) is 11.3 Å². The van der Waals surface area contributed by atoms with Gasteiger partial charge in [-0.2, -0.15) is 5.26 Å². The highest BCUT2D eigenvalue weighted by Crippen LogP contribution is 2.33. The second kappa shape index (κ2) is 3.52. The van der Waals surface area contributed by atoms with E-state index in [1.807, 2.05) is 6.07 Å². The Morgan fingerprint density at radius 1 is 1.50 bits per heavy atom. The van der Waals surface area contributed by atoms with Crippen molar-refractivity contribution in [2.24, 2.45) is 0 Å². The van der Waals surface area contributed by atoms with E-state index in [4.69, 9.17) is 5.26 Å². The topological polar surface area (TPSA) is 40.9 Å². The summed E-state index contributed by atoms with van der Waals surface area (Å²) in [5.74, 6) is 0. The minimum absolute atomic E-state index is 0.548. The van der Waals surface area contributed by atoms with E-state index in [0.29, 0.717) is 11.1 Å². The average molecular weight is 266 g/mol. The van der Waals surface area contributed by atoms with Gasteiger partial charge in [0.25, 0.3) is 0 Å². The number of benzene rings is 1. The lowest BCUT2D eigenvalue weighted by molar-refractivity contribution is 0.112. The number of nitrogens with zero attached hydrogens (tertiary/aromatic N) is 1. The summed E-state index contributed by atoms with van der Waals surface area (Å²) in [6.45, 7) is 0. The molecule has 0 aliphatic carbocycles. The number of halogens is 1. The van der Waals surface area contributed by atoms with Crippen molar-refractivity contribution < 1.29 is 4.79 Å². The molecule has 2 aromatic rings. The van der Waals surface area contributed by atoms with E-state index < -0.39 is 0 Å². The average Bonchev–Trinajstić information content (AvgIpc) is 2.63. The lowest BCUT2D eigenvalue weighted by Gasteiger charge is -1.96. The molecule has 2 nitrogen and oxygen atoms in total. The molecule has 1 aromatic heterocycles. The molecule has 0 unspecified atom stereocenters. The second-order valence-electron chi connectivity index (χ2n) is 2.72. The van der Waals surface area contributed by atoms with E-state index in [2.05, 4.69) is 22.0 Å². The van der Waals surface area contributed by atoms with Crippen LogP contribution in [0.3, 0.4) is 0 Å². The van der Waals surface area contributed by atoms with E-state index in [9.17, 15) is 4.79 Å². The fourth-order valence-electron chi connectivity index (χ4n) is 1.32. The Balaban J connectivity index is 2.97. The highest BCUT2D eigenvalue weighted by Gasteiger charge is 2.10. The van der Waals surface area contributed by atoms with Crippen LogP contribution >= 0.6 is 27.3 Å². The fraction of sp³-hybridized carbons (Fsp3) is 0. The van der Waals surface area contributed by atoms with Crippen molar-refractivity contribution in [3.63, 3.8) is 0 Å². The molecule has 14 heavy (non-hydrogen) atoms. The van der Waals surface area contributed by atoms with E-state index in [1.165, 1.54) is 11.3 Å². The Morgan fingerprint density at radius 3 is 2.93 bits per heavy atom. The van der Waals surface area contributed by atoms with Gasteiger partial charge in [0.15, 0.2) is 6.29 Å². The Hall–Kier alpha value is -1.18. The number of nitriles is 1. The van der Waals surface area contributed by atoms with E-state index in [1.54, 1.807) is 11.4 Å². The Kier molecular flexibility index (Phi) is 2.36. The van der Waals surface area contributed by atoms with Crippen molar-refractivity contribution in [3.05, 3.63) is 33.1 Å². The van der Waals surface area contributed by atoms with Gasteiger partial charge in [-0.3, -0.25) is 4.79 Å². The predicted octanol–water partition coefficient (Wildman–Crippen LogP) is 3.35. The second-order valence-corrected chi connectivity index (χ2v) is 4.45. The molecule has 1 heterocycles. The normalized spacial score (nSPS) is 10.0. The minimum atomic E-state index is 0.548. The van der Waals surface area contributed by atoms with Gasteiger partial charge in [-0.15, -0.1) is 11.3 Å². The zero-order chi connectivity index (χ0) is 10.1. The van der Waals surface area contributed by atoms with Crippen LogP contribution in [0.25, 0.3) is 10.1 Å². The van der Waals surface area contributed by atoms with Gasteiger partial charge >= 0.3 is 0 Å². The molecular weight excluding hydrogens is 262 g/mol. The summed E-state index contributed by atoms with van der Waals surface area (Å²) in [5, 5.41) is 11.4. The third-order valence-corrected chi connectivity index (χ3v) is 3.90. The summed E-state index contributed by atoms with van der Waals surface area (Å²) in [6.07, 6.45) is 0.784. The molecule has 68 valence electrons. The summed E-state index contributed by atoms with van der Waals surface area (Å²) in [5.41, 5.74) is 1.13. The molecule has 4 heteroatoms. The molecule has 0 N–H and O–H groups in total. The number of aldehydes is 1.